The van der Waals surface area contributed by atoms with Crippen LogP contribution in [0.2, 0.25) is 0 Å². The third kappa shape index (κ3) is 3.19. The SMILES string of the molecule is C[C@@H](c1ccc(C(F)(F)F)cc1)N1N=C(CCO)C2C(=O)NC(=O)N=C21. The van der Waals surface area contributed by atoms with Crippen molar-refractivity contribution in [1.82, 2.24) is 10.3 Å². The maximum Gasteiger partial charge on any atom is 0.416 e. The fourth-order valence-corrected chi connectivity index (χ4v) is 2.91. The summed E-state index contributed by atoms with van der Waals surface area (Å²) in [6.07, 6.45) is -4.33. The Morgan fingerprint density at radius 2 is 1.92 bits per heavy atom. The number of imide groups is 1. The van der Waals surface area contributed by atoms with Crippen molar-refractivity contribution in [1.29, 1.82) is 0 Å². The van der Waals surface area contributed by atoms with Gasteiger partial charge in [0.2, 0.25) is 5.91 Å². The molecule has 2 aliphatic rings. The third-order valence-electron chi connectivity index (χ3n) is 4.23. The van der Waals surface area contributed by atoms with Crippen LogP contribution in [0.5, 0.6) is 0 Å². The van der Waals surface area contributed by atoms with Gasteiger partial charge in [0.1, 0.15) is 11.8 Å². The summed E-state index contributed by atoms with van der Waals surface area (Å²) < 4.78 is 38.1. The number of amidine groups is 1. The van der Waals surface area contributed by atoms with E-state index in [4.69, 9.17) is 5.11 Å². The molecular weight excluding hydrogens is 353 g/mol. The lowest BCUT2D eigenvalue weighted by Gasteiger charge is -2.26. The summed E-state index contributed by atoms with van der Waals surface area (Å²) in [7, 11) is 0. The van der Waals surface area contributed by atoms with Crippen LogP contribution in [0.15, 0.2) is 34.4 Å². The first-order valence-electron chi connectivity index (χ1n) is 7.80. The minimum atomic E-state index is -4.44. The molecule has 0 bridgehead atoms. The lowest BCUT2D eigenvalue weighted by molar-refractivity contribution is -0.137. The largest absolute Gasteiger partial charge is 0.416 e. The van der Waals surface area contributed by atoms with E-state index < -0.39 is 35.6 Å². The Kier molecular flexibility index (Phi) is 4.53. The van der Waals surface area contributed by atoms with Crippen molar-refractivity contribution >= 4 is 23.5 Å². The molecule has 10 heteroatoms. The van der Waals surface area contributed by atoms with E-state index in [1.54, 1.807) is 6.92 Å². The summed E-state index contributed by atoms with van der Waals surface area (Å²) in [4.78, 5) is 27.5. The number of amides is 3. The number of halogens is 3. The first kappa shape index (κ1) is 18.1. The second-order valence-corrected chi connectivity index (χ2v) is 5.90. The number of fused-ring (bicyclic) bond motifs is 1. The Bertz CT molecular complexity index is 802. The van der Waals surface area contributed by atoms with Gasteiger partial charge in [0.15, 0.2) is 0 Å². The van der Waals surface area contributed by atoms with E-state index in [0.29, 0.717) is 11.3 Å². The van der Waals surface area contributed by atoms with Crippen molar-refractivity contribution in [3.63, 3.8) is 0 Å². The zero-order valence-electron chi connectivity index (χ0n) is 13.6. The van der Waals surface area contributed by atoms with Gasteiger partial charge >= 0.3 is 12.2 Å². The van der Waals surface area contributed by atoms with Crippen molar-refractivity contribution in [2.45, 2.75) is 25.6 Å². The number of nitrogens with zero attached hydrogens (tertiary/aromatic N) is 3. The molecule has 26 heavy (non-hydrogen) atoms. The van der Waals surface area contributed by atoms with E-state index in [1.807, 2.05) is 0 Å². The number of hydrogen-bond acceptors (Lipinski definition) is 5. The van der Waals surface area contributed by atoms with Crippen molar-refractivity contribution in [3.8, 4) is 0 Å². The van der Waals surface area contributed by atoms with E-state index in [2.05, 4.69) is 15.4 Å². The predicted molar refractivity (Wildman–Crippen MR) is 85.3 cm³/mol. The number of rotatable bonds is 4. The normalized spacial score (nSPS) is 21.1. The van der Waals surface area contributed by atoms with Crippen LogP contribution in [0.4, 0.5) is 18.0 Å². The molecule has 0 saturated heterocycles. The highest BCUT2D eigenvalue weighted by Gasteiger charge is 2.44. The number of benzene rings is 1. The molecule has 2 aliphatic heterocycles. The minimum Gasteiger partial charge on any atom is -0.396 e. The van der Waals surface area contributed by atoms with Gasteiger partial charge in [-0.25, -0.2) is 9.80 Å². The summed E-state index contributed by atoms with van der Waals surface area (Å²) in [5.41, 5.74) is 0.0728. The predicted octanol–water partition coefficient (Wildman–Crippen LogP) is 2.08. The lowest BCUT2D eigenvalue weighted by atomic mass is 9.97. The van der Waals surface area contributed by atoms with Crippen molar-refractivity contribution in [3.05, 3.63) is 35.4 Å². The van der Waals surface area contributed by atoms with Crippen LogP contribution in [-0.2, 0) is 11.0 Å². The topological polar surface area (TPSA) is 94.4 Å². The lowest BCUT2D eigenvalue weighted by Crippen LogP contribution is -2.47. The first-order chi connectivity index (χ1) is 12.2. The van der Waals surface area contributed by atoms with Crippen LogP contribution in [0, 0.1) is 5.92 Å². The molecule has 0 saturated carbocycles. The molecule has 2 heterocycles. The molecule has 1 unspecified atom stereocenters. The molecule has 2 atom stereocenters. The number of carbonyl (C=O) groups excluding carboxylic acids is 2. The van der Waals surface area contributed by atoms with Gasteiger partial charge in [-0.2, -0.15) is 23.3 Å². The van der Waals surface area contributed by atoms with Gasteiger partial charge in [0.25, 0.3) is 0 Å². The Labute approximate surface area is 146 Å². The number of carbonyl (C=O) groups is 2. The van der Waals surface area contributed by atoms with Crippen molar-refractivity contribution < 1.29 is 27.9 Å². The van der Waals surface area contributed by atoms with Crippen LogP contribution in [0.25, 0.3) is 0 Å². The van der Waals surface area contributed by atoms with Crippen LogP contribution in [-0.4, -0.2) is 40.2 Å². The monoisotopic (exact) mass is 368 g/mol. The number of aliphatic hydroxyl groups excluding tert-OH is 1. The Morgan fingerprint density at radius 3 is 2.50 bits per heavy atom. The molecule has 3 amide bonds. The van der Waals surface area contributed by atoms with Crippen LogP contribution in [0.3, 0.4) is 0 Å². The average molecular weight is 368 g/mol. The zero-order chi connectivity index (χ0) is 19.1. The van der Waals surface area contributed by atoms with Crippen molar-refractivity contribution in [2.24, 2.45) is 16.0 Å². The Hall–Kier alpha value is -2.75. The number of aliphatic hydroxyl groups is 1. The van der Waals surface area contributed by atoms with E-state index in [9.17, 15) is 22.8 Å². The summed E-state index contributed by atoms with van der Waals surface area (Å²) in [5.74, 6) is -1.37. The summed E-state index contributed by atoms with van der Waals surface area (Å²) in [6, 6.07) is 3.15. The van der Waals surface area contributed by atoms with Gasteiger partial charge in [0.05, 0.1) is 17.3 Å². The fourth-order valence-electron chi connectivity index (χ4n) is 2.91. The summed E-state index contributed by atoms with van der Waals surface area (Å²) >= 11 is 0. The molecule has 1 aromatic carbocycles. The summed E-state index contributed by atoms with van der Waals surface area (Å²) in [6.45, 7) is 1.43. The van der Waals surface area contributed by atoms with E-state index in [1.165, 1.54) is 17.1 Å². The maximum atomic E-state index is 12.7. The van der Waals surface area contributed by atoms with E-state index >= 15 is 0 Å². The molecule has 0 radical (unpaired) electrons. The Balaban J connectivity index is 1.94. The van der Waals surface area contributed by atoms with Crippen LogP contribution < -0.4 is 5.32 Å². The van der Waals surface area contributed by atoms with E-state index in [-0.39, 0.29) is 18.9 Å². The van der Waals surface area contributed by atoms with Gasteiger partial charge in [-0.05, 0) is 24.6 Å². The van der Waals surface area contributed by atoms with Crippen LogP contribution >= 0.6 is 0 Å². The van der Waals surface area contributed by atoms with E-state index in [0.717, 1.165) is 12.1 Å². The van der Waals surface area contributed by atoms with Gasteiger partial charge in [0, 0.05) is 13.0 Å². The zero-order valence-corrected chi connectivity index (χ0v) is 13.6. The minimum absolute atomic E-state index is 0.106. The van der Waals surface area contributed by atoms with Gasteiger partial charge in [-0.15, -0.1) is 0 Å². The molecule has 0 spiro atoms. The highest BCUT2D eigenvalue weighted by atomic mass is 19.4. The number of aliphatic imine (C=N–C) groups is 1. The second kappa shape index (κ2) is 6.52. The number of hydrogen-bond donors (Lipinski definition) is 2. The third-order valence-corrected chi connectivity index (χ3v) is 4.23. The summed E-state index contributed by atoms with van der Waals surface area (Å²) in [5, 5.41) is 16.9. The first-order valence-corrected chi connectivity index (χ1v) is 7.80. The molecule has 0 aliphatic carbocycles. The number of alkyl halides is 3. The maximum absolute atomic E-state index is 12.7. The fraction of sp³-hybridized carbons (Fsp3) is 0.375. The molecule has 1 aromatic rings. The van der Waals surface area contributed by atoms with Gasteiger partial charge in [-0.3, -0.25) is 10.1 Å². The van der Waals surface area contributed by atoms with Crippen molar-refractivity contribution in [2.75, 3.05) is 6.61 Å². The highest BCUT2D eigenvalue weighted by Crippen LogP contribution is 2.33. The molecular formula is C16H15F3N4O3. The standard InChI is InChI=1S/C16H15F3N4O3/c1-8(9-2-4-10(5-3-9)16(17,18)19)23-13-12(11(22-23)6-7-24)14(25)21-15(26)20-13/h2-5,8,12,24H,6-7H2,1H3,(H,21,25,26)/t8-,12?/m0/s1. The smallest absolute Gasteiger partial charge is 0.396 e. The average Bonchev–Trinajstić information content (AvgIpc) is 2.92. The number of urea groups is 1. The second-order valence-electron chi connectivity index (χ2n) is 5.90. The molecule has 2 N–H and O–H groups in total. The molecule has 3 rings (SSSR count). The number of hydrazone groups is 1. The van der Waals surface area contributed by atoms with Gasteiger partial charge < -0.3 is 5.11 Å². The Morgan fingerprint density at radius 1 is 1.27 bits per heavy atom. The van der Waals surface area contributed by atoms with Crippen LogP contribution in [0.1, 0.15) is 30.5 Å². The van der Waals surface area contributed by atoms with Gasteiger partial charge in [-0.1, -0.05) is 12.1 Å². The molecule has 7 nitrogen and oxygen atoms in total. The molecule has 0 fully saturated rings. The highest BCUT2D eigenvalue weighted by molar-refractivity contribution is 6.29. The molecule has 0 aromatic heterocycles. The molecule has 138 valence electrons. The number of nitrogens with one attached hydrogen (secondary N) is 1. The quantitative estimate of drug-likeness (QED) is 0.851.